The van der Waals surface area contributed by atoms with E-state index < -0.39 is 30.8 Å². The number of fused-ring (bicyclic) bond motifs is 7. The molecule has 1 spiro atoms. The summed E-state index contributed by atoms with van der Waals surface area (Å²) in [6, 6.07) is 6.69. The van der Waals surface area contributed by atoms with Crippen molar-refractivity contribution in [3.63, 3.8) is 0 Å². The molecule has 0 aromatic heterocycles. The first-order chi connectivity index (χ1) is 20.4. The van der Waals surface area contributed by atoms with Crippen molar-refractivity contribution in [2.75, 3.05) is 45.2 Å². The average Bonchev–Trinajstić information content (AvgIpc) is 3.67. The Labute approximate surface area is 245 Å². The predicted octanol–water partition coefficient (Wildman–Crippen LogP) is 0.614. The topological polar surface area (TPSA) is 104 Å². The maximum Gasteiger partial charge on any atom is 0.249 e. The summed E-state index contributed by atoms with van der Waals surface area (Å²) >= 11 is 0. The van der Waals surface area contributed by atoms with E-state index in [-0.39, 0.29) is 37.0 Å². The standard InChI is InChI=1S/C30H41FN8O3/c1-36-15-18-12-19(6-7-21(18)30(17-36)8-9-30)33-29-32-14-20-25(35-29)39-26-22(31)13-23-27(34-26)37(24(40)16-42-23)10-4-2-3-5-11-38(39)28(20)41/h3,5-7,12,20,22-23,25-27,29,32-35H,2,4,8-11,13-17H2,1H3/b5-3-. The molecule has 1 aromatic rings. The number of benzene rings is 1. The molecule has 12 heteroatoms. The first-order valence-electron chi connectivity index (χ1n) is 15.5. The molecule has 7 unspecified atom stereocenters. The van der Waals surface area contributed by atoms with Crippen molar-refractivity contribution >= 4 is 17.5 Å². The Balaban J connectivity index is 1.06. The van der Waals surface area contributed by atoms with Gasteiger partial charge in [-0.3, -0.25) is 30.5 Å². The van der Waals surface area contributed by atoms with Crippen LogP contribution in [0.3, 0.4) is 0 Å². The van der Waals surface area contributed by atoms with Crippen LogP contribution in [0.5, 0.6) is 0 Å². The molecule has 226 valence electrons. The van der Waals surface area contributed by atoms with Gasteiger partial charge in [-0.1, -0.05) is 18.2 Å². The lowest BCUT2D eigenvalue weighted by molar-refractivity contribution is -0.186. The number of likely N-dealkylation sites (N-methyl/N-ethyl adjacent to an activating group) is 1. The monoisotopic (exact) mass is 580 g/mol. The second kappa shape index (κ2) is 10.2. The van der Waals surface area contributed by atoms with Gasteiger partial charge >= 0.3 is 0 Å². The number of anilines is 1. The fourth-order valence-corrected chi connectivity index (χ4v) is 8.18. The zero-order chi connectivity index (χ0) is 28.6. The number of hydrazine groups is 1. The van der Waals surface area contributed by atoms with Gasteiger partial charge in [-0.25, -0.2) is 4.39 Å². The number of ether oxygens (including phenoxy) is 1. The minimum atomic E-state index is -1.28. The lowest BCUT2D eigenvalue weighted by atomic mass is 9.87. The summed E-state index contributed by atoms with van der Waals surface area (Å²) in [5, 5.41) is 17.6. The zero-order valence-electron chi connectivity index (χ0n) is 24.1. The molecule has 2 amide bonds. The summed E-state index contributed by atoms with van der Waals surface area (Å²) in [6.07, 6.45) is 4.69. The van der Waals surface area contributed by atoms with Crippen LogP contribution < -0.4 is 21.3 Å². The molecule has 0 radical (unpaired) electrons. The molecule has 1 aliphatic carbocycles. The van der Waals surface area contributed by atoms with E-state index in [1.165, 1.54) is 24.0 Å². The van der Waals surface area contributed by atoms with Gasteiger partial charge in [-0.15, -0.1) is 0 Å². The Hall–Kier alpha value is -2.61. The highest BCUT2D eigenvalue weighted by atomic mass is 19.1. The third kappa shape index (κ3) is 4.46. The smallest absolute Gasteiger partial charge is 0.249 e. The zero-order valence-corrected chi connectivity index (χ0v) is 24.1. The molecule has 4 saturated heterocycles. The third-order valence-electron chi connectivity index (χ3n) is 10.3. The van der Waals surface area contributed by atoms with Gasteiger partial charge in [0.1, 0.15) is 31.4 Å². The second-order valence-corrected chi connectivity index (χ2v) is 13.2. The van der Waals surface area contributed by atoms with Crippen LogP contribution >= 0.6 is 0 Å². The molecule has 42 heavy (non-hydrogen) atoms. The van der Waals surface area contributed by atoms with Crippen molar-refractivity contribution in [3.05, 3.63) is 41.5 Å². The van der Waals surface area contributed by atoms with Gasteiger partial charge in [-0.05, 0) is 56.0 Å². The number of hydrogen-bond donors (Lipinski definition) is 4. The number of alkyl halides is 1. The van der Waals surface area contributed by atoms with Crippen molar-refractivity contribution in [1.29, 1.82) is 0 Å². The number of halogens is 1. The van der Waals surface area contributed by atoms with Gasteiger partial charge in [0, 0.05) is 43.7 Å². The summed E-state index contributed by atoms with van der Waals surface area (Å²) in [4.78, 5) is 30.8. The van der Waals surface area contributed by atoms with Crippen LogP contribution in [-0.4, -0.2) is 109 Å². The first kappa shape index (κ1) is 27.0. The predicted molar refractivity (Wildman–Crippen MR) is 153 cm³/mol. The van der Waals surface area contributed by atoms with Crippen molar-refractivity contribution in [1.82, 2.24) is 35.8 Å². The quantitative estimate of drug-likeness (QED) is 0.375. The van der Waals surface area contributed by atoms with Crippen LogP contribution in [-0.2, 0) is 26.3 Å². The molecule has 8 rings (SSSR count). The number of carbonyl (C=O) groups excluding carboxylic acids is 2. The highest BCUT2D eigenvalue weighted by molar-refractivity contribution is 5.82. The number of amides is 2. The molecule has 1 aromatic carbocycles. The van der Waals surface area contributed by atoms with E-state index >= 15 is 4.39 Å². The van der Waals surface area contributed by atoms with E-state index in [1.807, 2.05) is 16.0 Å². The van der Waals surface area contributed by atoms with Gasteiger partial charge in [0.15, 0.2) is 0 Å². The number of piperidine rings is 1. The van der Waals surface area contributed by atoms with Crippen LogP contribution in [0.1, 0.15) is 43.2 Å². The number of rotatable bonds is 2. The molecule has 4 N–H and O–H groups in total. The molecule has 2 bridgehead atoms. The van der Waals surface area contributed by atoms with E-state index in [2.05, 4.69) is 57.5 Å². The number of nitrogens with zero attached hydrogens (tertiary/aromatic N) is 4. The Kier molecular flexibility index (Phi) is 6.58. The van der Waals surface area contributed by atoms with Gasteiger partial charge in [0.25, 0.3) is 0 Å². The molecule has 7 aliphatic rings. The van der Waals surface area contributed by atoms with Crippen LogP contribution in [0, 0.1) is 5.92 Å². The fraction of sp³-hybridized carbons (Fsp3) is 0.667. The fourth-order valence-electron chi connectivity index (χ4n) is 8.18. The average molecular weight is 581 g/mol. The van der Waals surface area contributed by atoms with Crippen LogP contribution in [0.2, 0.25) is 0 Å². The van der Waals surface area contributed by atoms with Crippen molar-refractivity contribution < 1.29 is 18.7 Å². The molecule has 1 saturated carbocycles. The van der Waals surface area contributed by atoms with E-state index in [4.69, 9.17) is 4.74 Å². The summed E-state index contributed by atoms with van der Waals surface area (Å²) < 4.78 is 21.8. The lowest BCUT2D eigenvalue weighted by Gasteiger charge is -2.51. The minimum absolute atomic E-state index is 0.0182. The van der Waals surface area contributed by atoms with Crippen molar-refractivity contribution in [2.24, 2.45) is 5.92 Å². The molecule has 5 fully saturated rings. The third-order valence-corrected chi connectivity index (χ3v) is 10.3. The van der Waals surface area contributed by atoms with E-state index in [0.717, 1.165) is 31.6 Å². The molecule has 6 heterocycles. The summed E-state index contributed by atoms with van der Waals surface area (Å²) in [7, 11) is 2.19. The minimum Gasteiger partial charge on any atom is -0.365 e. The van der Waals surface area contributed by atoms with Crippen LogP contribution in [0.4, 0.5) is 10.1 Å². The molecular weight excluding hydrogens is 539 g/mol. The first-order valence-corrected chi connectivity index (χ1v) is 15.5. The SMILES string of the molecule is CN1Cc2cc(NC3NCC4C(=O)N5C/C=C\CCCN6C(=O)COC7CC(F)C(NC76)N5C4N3)ccc2C2(CC2)C1. The molecule has 7 atom stereocenters. The Morgan fingerprint density at radius 2 is 2.00 bits per heavy atom. The van der Waals surface area contributed by atoms with Crippen molar-refractivity contribution in [3.8, 4) is 0 Å². The highest BCUT2D eigenvalue weighted by Gasteiger charge is 2.56. The number of carbonyl (C=O) groups is 2. The van der Waals surface area contributed by atoms with Gasteiger partial charge in [0.2, 0.25) is 11.8 Å². The highest BCUT2D eigenvalue weighted by Crippen LogP contribution is 2.52. The Bertz CT molecular complexity index is 1290. The van der Waals surface area contributed by atoms with E-state index in [9.17, 15) is 9.59 Å². The summed E-state index contributed by atoms with van der Waals surface area (Å²) in [5.74, 6) is -0.489. The van der Waals surface area contributed by atoms with Crippen molar-refractivity contribution in [2.45, 2.75) is 81.1 Å². The maximum atomic E-state index is 16.0. The lowest BCUT2D eigenvalue weighted by Crippen LogP contribution is -2.74. The number of morpholine rings is 1. The number of hydrogen-bond acceptors (Lipinski definition) is 9. The van der Waals surface area contributed by atoms with Gasteiger partial charge in [0.05, 0.1) is 24.7 Å². The Morgan fingerprint density at radius 1 is 1.12 bits per heavy atom. The summed E-state index contributed by atoms with van der Waals surface area (Å²) in [6.45, 7) is 3.47. The van der Waals surface area contributed by atoms with Crippen LogP contribution in [0.25, 0.3) is 0 Å². The van der Waals surface area contributed by atoms with Gasteiger partial charge in [-0.2, -0.15) is 5.01 Å². The maximum absolute atomic E-state index is 16.0. The second-order valence-electron chi connectivity index (χ2n) is 13.2. The molecule has 11 nitrogen and oxygen atoms in total. The number of nitrogens with one attached hydrogen (secondary N) is 4. The Morgan fingerprint density at radius 3 is 2.86 bits per heavy atom. The van der Waals surface area contributed by atoms with E-state index in [1.54, 1.807) is 5.01 Å². The molecule has 6 aliphatic heterocycles. The van der Waals surface area contributed by atoms with E-state index in [0.29, 0.717) is 25.0 Å². The summed E-state index contributed by atoms with van der Waals surface area (Å²) in [5.41, 5.74) is 4.19. The van der Waals surface area contributed by atoms with Crippen LogP contribution in [0.15, 0.2) is 30.4 Å². The molecular formula is C30H41FN8O3. The number of allylic oxidation sites excluding steroid dienone is 1. The van der Waals surface area contributed by atoms with Gasteiger partial charge < -0.3 is 19.9 Å². The largest absolute Gasteiger partial charge is 0.365 e. The normalized spacial score (nSPS) is 38.7.